The van der Waals surface area contributed by atoms with Crippen LogP contribution in [0.15, 0.2) is 28.8 Å². The summed E-state index contributed by atoms with van der Waals surface area (Å²) in [5, 5.41) is 20.2. The molecule has 3 atom stereocenters. The van der Waals surface area contributed by atoms with E-state index in [2.05, 4.69) is 20.8 Å². The molecule has 162 valence electrons. The van der Waals surface area contributed by atoms with Crippen molar-refractivity contribution in [3.8, 4) is 11.4 Å². The van der Waals surface area contributed by atoms with Gasteiger partial charge in [-0.2, -0.15) is 4.98 Å². The molecule has 4 rings (SSSR count). The molecular formula is C23H32N4O3. The number of benzene rings is 1. The number of aliphatic hydroxyl groups is 1. The molecule has 2 fully saturated rings. The van der Waals surface area contributed by atoms with Crippen LogP contribution in [0, 0.1) is 5.92 Å². The van der Waals surface area contributed by atoms with Gasteiger partial charge in [0, 0.05) is 12.0 Å². The van der Waals surface area contributed by atoms with Crippen LogP contribution in [-0.4, -0.2) is 39.8 Å². The maximum atomic E-state index is 12.5. The molecule has 2 aliphatic rings. The molecule has 1 aliphatic carbocycles. The van der Waals surface area contributed by atoms with Gasteiger partial charge in [0.25, 0.3) is 0 Å². The van der Waals surface area contributed by atoms with E-state index in [1.807, 2.05) is 31.2 Å². The molecule has 0 bridgehead atoms. The summed E-state index contributed by atoms with van der Waals surface area (Å²) in [5.74, 6) is 1.97. The highest BCUT2D eigenvalue weighted by atomic mass is 16.5. The molecule has 0 radical (unpaired) electrons. The Morgan fingerprint density at radius 2 is 2.03 bits per heavy atom. The predicted octanol–water partition coefficient (Wildman–Crippen LogP) is 3.15. The zero-order valence-corrected chi connectivity index (χ0v) is 17.6. The van der Waals surface area contributed by atoms with Crippen molar-refractivity contribution in [3.63, 3.8) is 0 Å². The average Bonchev–Trinajstić information content (AvgIpc) is 3.52. The maximum absolute atomic E-state index is 12.5. The van der Waals surface area contributed by atoms with Crippen molar-refractivity contribution in [2.45, 2.75) is 76.5 Å². The largest absolute Gasteiger partial charge is 0.391 e. The van der Waals surface area contributed by atoms with Crippen molar-refractivity contribution in [1.29, 1.82) is 0 Å². The van der Waals surface area contributed by atoms with E-state index in [1.165, 1.54) is 25.7 Å². The van der Waals surface area contributed by atoms with Crippen LogP contribution in [0.5, 0.6) is 0 Å². The van der Waals surface area contributed by atoms with Gasteiger partial charge in [-0.05, 0) is 37.3 Å². The van der Waals surface area contributed by atoms with Gasteiger partial charge in [-0.3, -0.25) is 4.79 Å². The highest BCUT2D eigenvalue weighted by Gasteiger charge is 2.32. The van der Waals surface area contributed by atoms with Crippen LogP contribution in [0.2, 0.25) is 0 Å². The highest BCUT2D eigenvalue weighted by molar-refractivity contribution is 5.83. The molecule has 2 aromatic rings. The fourth-order valence-electron chi connectivity index (χ4n) is 4.60. The first-order chi connectivity index (χ1) is 14.6. The highest BCUT2D eigenvalue weighted by Crippen LogP contribution is 2.29. The monoisotopic (exact) mass is 412 g/mol. The Labute approximate surface area is 177 Å². The Morgan fingerprint density at radius 1 is 1.27 bits per heavy atom. The minimum atomic E-state index is -0.619. The second kappa shape index (κ2) is 9.71. The smallest absolute Gasteiger partial charge is 0.240 e. The third-order valence-corrected chi connectivity index (χ3v) is 6.48. The third kappa shape index (κ3) is 4.90. The zero-order chi connectivity index (χ0) is 20.9. The van der Waals surface area contributed by atoms with Crippen LogP contribution < -0.4 is 10.6 Å². The summed E-state index contributed by atoms with van der Waals surface area (Å²) in [4.78, 5) is 17.0. The number of amides is 1. The normalized spacial score (nSPS) is 23.0. The SMILES string of the molecule is CC[C@H](NC(=O)[C@H]1NCC[C@@H]1O)c1ccc(-c2noc(CCC3CCCC3)n2)cc1. The molecule has 1 aromatic heterocycles. The molecule has 1 aromatic carbocycles. The van der Waals surface area contributed by atoms with E-state index in [9.17, 15) is 9.90 Å². The summed E-state index contributed by atoms with van der Waals surface area (Å²) in [6, 6.07) is 7.30. The number of aryl methyl sites for hydroxylation is 1. The number of hydrogen-bond donors (Lipinski definition) is 3. The standard InChI is InChI=1S/C23H32N4O3/c1-2-18(25-23(29)21-19(28)13-14-24-21)16-8-10-17(11-9-16)22-26-20(30-27-22)12-7-15-5-3-4-6-15/h8-11,15,18-19,21,24,28H,2-7,12-14H2,1H3,(H,25,29)/t18-,19-,21-/m0/s1. The molecular weight excluding hydrogens is 380 g/mol. The van der Waals surface area contributed by atoms with Gasteiger partial charge in [-0.25, -0.2) is 0 Å². The number of aromatic nitrogens is 2. The van der Waals surface area contributed by atoms with E-state index in [0.717, 1.165) is 36.3 Å². The maximum Gasteiger partial charge on any atom is 0.240 e. The van der Waals surface area contributed by atoms with Crippen molar-refractivity contribution in [1.82, 2.24) is 20.8 Å². The second-order valence-corrected chi connectivity index (χ2v) is 8.58. The quantitative estimate of drug-likeness (QED) is 0.616. The van der Waals surface area contributed by atoms with E-state index in [-0.39, 0.29) is 11.9 Å². The Balaban J connectivity index is 1.36. The van der Waals surface area contributed by atoms with Gasteiger partial charge in [0.15, 0.2) is 0 Å². The third-order valence-electron chi connectivity index (χ3n) is 6.48. The topological polar surface area (TPSA) is 100 Å². The Morgan fingerprint density at radius 3 is 2.70 bits per heavy atom. The minimum absolute atomic E-state index is 0.103. The number of hydrogen-bond acceptors (Lipinski definition) is 6. The molecule has 1 saturated heterocycles. The fraction of sp³-hybridized carbons (Fsp3) is 0.609. The molecule has 30 heavy (non-hydrogen) atoms. The molecule has 3 N–H and O–H groups in total. The molecule has 7 nitrogen and oxygen atoms in total. The summed E-state index contributed by atoms with van der Waals surface area (Å²) >= 11 is 0. The average molecular weight is 413 g/mol. The lowest BCUT2D eigenvalue weighted by molar-refractivity contribution is -0.125. The van der Waals surface area contributed by atoms with Gasteiger partial charge in [0.2, 0.25) is 17.6 Å². The minimum Gasteiger partial charge on any atom is -0.391 e. The molecule has 7 heteroatoms. The zero-order valence-electron chi connectivity index (χ0n) is 17.6. The van der Waals surface area contributed by atoms with Gasteiger partial charge >= 0.3 is 0 Å². The van der Waals surface area contributed by atoms with Crippen molar-refractivity contribution in [2.24, 2.45) is 5.92 Å². The summed E-state index contributed by atoms with van der Waals surface area (Å²) in [5.41, 5.74) is 1.93. The first kappa shape index (κ1) is 21.0. The summed E-state index contributed by atoms with van der Waals surface area (Å²) in [6.45, 7) is 2.70. The number of carbonyl (C=O) groups excluding carboxylic acids is 1. The second-order valence-electron chi connectivity index (χ2n) is 8.58. The summed E-state index contributed by atoms with van der Waals surface area (Å²) in [7, 11) is 0. The van der Waals surface area contributed by atoms with Crippen LogP contribution >= 0.6 is 0 Å². The van der Waals surface area contributed by atoms with E-state index in [0.29, 0.717) is 24.7 Å². The Bertz CT molecular complexity index is 829. The first-order valence-electron chi connectivity index (χ1n) is 11.3. The fourth-order valence-corrected chi connectivity index (χ4v) is 4.60. The molecule has 1 saturated carbocycles. The van der Waals surface area contributed by atoms with Gasteiger partial charge in [0.1, 0.15) is 6.04 Å². The van der Waals surface area contributed by atoms with Crippen LogP contribution in [0.25, 0.3) is 11.4 Å². The summed E-state index contributed by atoms with van der Waals surface area (Å²) < 4.78 is 5.45. The van der Waals surface area contributed by atoms with E-state index < -0.39 is 12.1 Å². The number of rotatable bonds is 8. The van der Waals surface area contributed by atoms with E-state index >= 15 is 0 Å². The van der Waals surface area contributed by atoms with Gasteiger partial charge in [-0.1, -0.05) is 62.0 Å². The number of aliphatic hydroxyl groups excluding tert-OH is 1. The lowest BCUT2D eigenvalue weighted by Crippen LogP contribution is -2.46. The number of nitrogens with one attached hydrogen (secondary N) is 2. The van der Waals surface area contributed by atoms with Gasteiger partial charge in [-0.15, -0.1) is 0 Å². The molecule has 0 unspecified atom stereocenters. The molecule has 1 amide bonds. The molecule has 2 heterocycles. The van der Waals surface area contributed by atoms with Crippen molar-refractivity contribution in [2.75, 3.05) is 6.54 Å². The summed E-state index contributed by atoms with van der Waals surface area (Å²) in [6.07, 6.45) is 8.08. The lowest BCUT2D eigenvalue weighted by Gasteiger charge is -2.21. The molecule has 1 aliphatic heterocycles. The molecule has 0 spiro atoms. The lowest BCUT2D eigenvalue weighted by atomic mass is 10.0. The van der Waals surface area contributed by atoms with Crippen LogP contribution in [0.1, 0.15) is 69.4 Å². The number of carbonyl (C=O) groups is 1. The van der Waals surface area contributed by atoms with E-state index in [4.69, 9.17) is 4.52 Å². The van der Waals surface area contributed by atoms with Crippen molar-refractivity contribution in [3.05, 3.63) is 35.7 Å². The van der Waals surface area contributed by atoms with E-state index in [1.54, 1.807) is 0 Å². The Kier molecular flexibility index (Phi) is 6.79. The predicted molar refractivity (Wildman–Crippen MR) is 114 cm³/mol. The van der Waals surface area contributed by atoms with Crippen molar-refractivity contribution >= 4 is 5.91 Å². The van der Waals surface area contributed by atoms with Crippen LogP contribution in [0.4, 0.5) is 0 Å². The van der Waals surface area contributed by atoms with Crippen molar-refractivity contribution < 1.29 is 14.4 Å². The van der Waals surface area contributed by atoms with Crippen LogP contribution in [-0.2, 0) is 11.2 Å². The van der Waals surface area contributed by atoms with Gasteiger partial charge in [0.05, 0.1) is 12.1 Å². The number of nitrogens with zero attached hydrogens (tertiary/aromatic N) is 2. The Hall–Kier alpha value is -2.25. The first-order valence-corrected chi connectivity index (χ1v) is 11.3. The van der Waals surface area contributed by atoms with Gasteiger partial charge < -0.3 is 20.3 Å². The van der Waals surface area contributed by atoms with Crippen LogP contribution in [0.3, 0.4) is 0 Å².